The minimum Gasteiger partial charge on any atom is -0.378 e. The van der Waals surface area contributed by atoms with E-state index in [-0.39, 0.29) is 11.6 Å². The fourth-order valence-electron chi connectivity index (χ4n) is 4.20. The van der Waals surface area contributed by atoms with E-state index >= 15 is 0 Å². The zero-order valence-corrected chi connectivity index (χ0v) is 18.4. The maximum absolute atomic E-state index is 13.6. The van der Waals surface area contributed by atoms with Gasteiger partial charge in [-0.05, 0) is 54.7 Å². The molecule has 4 rings (SSSR count). The first kappa shape index (κ1) is 21.5. The molecular weight excluding hydrogens is 408 g/mol. The number of carbonyl (C=O) groups excluding carboxylic acids is 2. The maximum atomic E-state index is 13.6. The summed E-state index contributed by atoms with van der Waals surface area (Å²) in [6.07, 6.45) is 1.88. The van der Waals surface area contributed by atoms with E-state index in [9.17, 15) is 19.7 Å². The standard InChI is InChI=1S/C24H26N4O4/c1-16-11-13-26(14-12-16)22-21(17-7-9-18(10-8-17)28(31)32)23(29)27(24(22)30)20-6-4-5-19(15-20)25(2)3/h4-10,15-16H,11-14H2,1-3H3. The number of likely N-dealkylation sites (tertiary alicyclic amines) is 1. The lowest BCUT2D eigenvalue weighted by molar-refractivity contribution is -0.384. The van der Waals surface area contributed by atoms with E-state index in [1.165, 1.54) is 17.0 Å². The van der Waals surface area contributed by atoms with Gasteiger partial charge in [0.25, 0.3) is 17.5 Å². The molecule has 0 saturated carbocycles. The molecule has 0 bridgehead atoms. The molecule has 8 nitrogen and oxygen atoms in total. The number of benzene rings is 2. The van der Waals surface area contributed by atoms with Gasteiger partial charge in [0.15, 0.2) is 0 Å². The van der Waals surface area contributed by atoms with Crippen molar-refractivity contribution in [2.45, 2.75) is 19.8 Å². The van der Waals surface area contributed by atoms with E-state index in [4.69, 9.17) is 0 Å². The lowest BCUT2D eigenvalue weighted by Crippen LogP contribution is -2.38. The topological polar surface area (TPSA) is 87.0 Å². The van der Waals surface area contributed by atoms with Crippen LogP contribution in [-0.4, -0.2) is 48.8 Å². The van der Waals surface area contributed by atoms with Crippen LogP contribution in [0.1, 0.15) is 25.3 Å². The number of nitro benzene ring substituents is 1. The van der Waals surface area contributed by atoms with E-state index in [1.807, 2.05) is 42.1 Å². The highest BCUT2D eigenvalue weighted by atomic mass is 16.6. The smallest absolute Gasteiger partial charge is 0.282 e. The second-order valence-electron chi connectivity index (χ2n) is 8.56. The molecular formula is C24H26N4O4. The Balaban J connectivity index is 1.80. The van der Waals surface area contributed by atoms with E-state index < -0.39 is 10.8 Å². The number of imide groups is 1. The van der Waals surface area contributed by atoms with Crippen molar-refractivity contribution < 1.29 is 14.5 Å². The number of anilines is 2. The molecule has 1 fully saturated rings. The Morgan fingerprint density at radius 1 is 1.00 bits per heavy atom. The van der Waals surface area contributed by atoms with Gasteiger partial charge in [0.05, 0.1) is 16.2 Å². The molecule has 0 atom stereocenters. The molecule has 166 valence electrons. The number of nitro groups is 1. The van der Waals surface area contributed by atoms with Gasteiger partial charge < -0.3 is 9.80 Å². The highest BCUT2D eigenvalue weighted by molar-refractivity contribution is 6.45. The Morgan fingerprint density at radius 2 is 1.66 bits per heavy atom. The molecule has 2 aliphatic heterocycles. The summed E-state index contributed by atoms with van der Waals surface area (Å²) >= 11 is 0. The van der Waals surface area contributed by atoms with Crippen molar-refractivity contribution in [3.8, 4) is 0 Å². The Hall–Kier alpha value is -3.68. The molecule has 2 aliphatic rings. The van der Waals surface area contributed by atoms with E-state index in [2.05, 4.69) is 6.92 Å². The molecule has 2 aromatic rings. The molecule has 0 aromatic heterocycles. The van der Waals surface area contributed by atoms with Crippen molar-refractivity contribution in [3.63, 3.8) is 0 Å². The summed E-state index contributed by atoms with van der Waals surface area (Å²) in [6, 6.07) is 13.1. The lowest BCUT2D eigenvalue weighted by Gasteiger charge is -2.32. The predicted octanol–water partition coefficient (Wildman–Crippen LogP) is 3.68. The van der Waals surface area contributed by atoms with Gasteiger partial charge in [-0.15, -0.1) is 0 Å². The fourth-order valence-corrected chi connectivity index (χ4v) is 4.20. The number of nitrogens with zero attached hydrogens (tertiary/aromatic N) is 4. The number of hydrogen-bond acceptors (Lipinski definition) is 6. The van der Waals surface area contributed by atoms with Gasteiger partial charge in [0.1, 0.15) is 5.70 Å². The summed E-state index contributed by atoms with van der Waals surface area (Å²) in [5.74, 6) is -0.197. The van der Waals surface area contributed by atoms with E-state index in [1.54, 1.807) is 18.2 Å². The predicted molar refractivity (Wildman–Crippen MR) is 123 cm³/mol. The Bertz CT molecular complexity index is 1100. The quantitative estimate of drug-likeness (QED) is 0.405. The molecule has 0 unspecified atom stereocenters. The van der Waals surface area contributed by atoms with Crippen LogP contribution in [0.25, 0.3) is 5.57 Å². The highest BCUT2D eigenvalue weighted by Crippen LogP contribution is 2.37. The van der Waals surface area contributed by atoms with Crippen LogP contribution in [0.5, 0.6) is 0 Å². The molecule has 32 heavy (non-hydrogen) atoms. The number of piperidine rings is 1. The van der Waals surface area contributed by atoms with Crippen molar-refractivity contribution in [2.24, 2.45) is 5.92 Å². The molecule has 1 saturated heterocycles. The number of rotatable bonds is 5. The summed E-state index contributed by atoms with van der Waals surface area (Å²) in [6.45, 7) is 3.57. The van der Waals surface area contributed by atoms with Crippen molar-refractivity contribution in [2.75, 3.05) is 37.0 Å². The molecule has 0 N–H and O–H groups in total. The highest BCUT2D eigenvalue weighted by Gasteiger charge is 2.43. The zero-order valence-electron chi connectivity index (χ0n) is 18.4. The van der Waals surface area contributed by atoms with Crippen LogP contribution in [0.15, 0.2) is 54.2 Å². The molecule has 8 heteroatoms. The molecule has 0 radical (unpaired) electrons. The average Bonchev–Trinajstić information content (AvgIpc) is 3.04. The molecule has 2 amide bonds. The van der Waals surface area contributed by atoms with Crippen LogP contribution in [0.4, 0.5) is 17.1 Å². The van der Waals surface area contributed by atoms with Crippen LogP contribution in [0.3, 0.4) is 0 Å². The summed E-state index contributed by atoms with van der Waals surface area (Å²) in [7, 11) is 3.79. The normalized spacial score (nSPS) is 17.3. The SMILES string of the molecule is CC1CCN(C2=C(c3ccc([N+](=O)[O-])cc3)C(=O)N(c3cccc(N(C)C)c3)C2=O)CC1. The number of hydrogen-bond donors (Lipinski definition) is 0. The van der Waals surface area contributed by atoms with Gasteiger partial charge in [-0.2, -0.15) is 0 Å². The Morgan fingerprint density at radius 3 is 2.25 bits per heavy atom. The van der Waals surface area contributed by atoms with Crippen LogP contribution in [0, 0.1) is 16.0 Å². The minimum atomic E-state index is -0.480. The first-order valence-electron chi connectivity index (χ1n) is 10.7. The molecule has 0 aliphatic carbocycles. The summed E-state index contributed by atoms with van der Waals surface area (Å²) < 4.78 is 0. The summed E-state index contributed by atoms with van der Waals surface area (Å²) in [4.78, 5) is 42.9. The molecule has 2 aromatic carbocycles. The maximum Gasteiger partial charge on any atom is 0.282 e. The van der Waals surface area contributed by atoms with Crippen LogP contribution in [0.2, 0.25) is 0 Å². The van der Waals surface area contributed by atoms with Crippen molar-refractivity contribution >= 4 is 34.4 Å². The third kappa shape index (κ3) is 3.84. The number of non-ortho nitro benzene ring substituents is 1. The number of amides is 2. The second kappa shape index (κ2) is 8.45. The van der Waals surface area contributed by atoms with Crippen LogP contribution < -0.4 is 9.80 Å². The van der Waals surface area contributed by atoms with Gasteiger partial charge in [-0.25, -0.2) is 4.90 Å². The first-order valence-corrected chi connectivity index (χ1v) is 10.7. The average molecular weight is 434 g/mol. The van der Waals surface area contributed by atoms with E-state index in [0.29, 0.717) is 41.5 Å². The zero-order chi connectivity index (χ0) is 23.0. The third-order valence-electron chi connectivity index (χ3n) is 6.13. The van der Waals surface area contributed by atoms with Gasteiger partial charge in [0, 0.05) is 45.0 Å². The first-order chi connectivity index (χ1) is 15.3. The largest absolute Gasteiger partial charge is 0.378 e. The van der Waals surface area contributed by atoms with Gasteiger partial charge in [0.2, 0.25) is 0 Å². The molecule has 2 heterocycles. The van der Waals surface area contributed by atoms with Crippen LogP contribution >= 0.6 is 0 Å². The number of carbonyl (C=O) groups is 2. The van der Waals surface area contributed by atoms with Crippen LogP contribution in [-0.2, 0) is 9.59 Å². The fraction of sp³-hybridized carbons (Fsp3) is 0.333. The monoisotopic (exact) mass is 434 g/mol. The van der Waals surface area contributed by atoms with E-state index in [0.717, 1.165) is 18.5 Å². The Kier molecular flexibility index (Phi) is 5.69. The van der Waals surface area contributed by atoms with Gasteiger partial charge in [-0.3, -0.25) is 19.7 Å². The summed E-state index contributed by atoms with van der Waals surface area (Å²) in [5.41, 5.74) is 2.51. The summed E-state index contributed by atoms with van der Waals surface area (Å²) in [5, 5.41) is 11.1. The second-order valence-corrected chi connectivity index (χ2v) is 8.56. The third-order valence-corrected chi connectivity index (χ3v) is 6.13. The molecule has 0 spiro atoms. The lowest BCUT2D eigenvalue weighted by atomic mass is 9.97. The Labute approximate surface area is 186 Å². The van der Waals surface area contributed by atoms with Gasteiger partial charge >= 0.3 is 0 Å². The van der Waals surface area contributed by atoms with Crippen molar-refractivity contribution in [3.05, 3.63) is 69.9 Å². The van der Waals surface area contributed by atoms with Crippen molar-refractivity contribution in [1.82, 2.24) is 4.90 Å². The minimum absolute atomic E-state index is 0.0602. The van der Waals surface area contributed by atoms with Gasteiger partial charge in [-0.1, -0.05) is 13.0 Å². The van der Waals surface area contributed by atoms with Crippen molar-refractivity contribution in [1.29, 1.82) is 0 Å².